The number of aromatic nitrogens is 2. The van der Waals surface area contributed by atoms with Gasteiger partial charge in [0.25, 0.3) is 0 Å². The third kappa shape index (κ3) is 4.42. The normalized spacial score (nSPS) is 11.4. The molecule has 2 heterocycles. The number of rotatable bonds is 5. The summed E-state index contributed by atoms with van der Waals surface area (Å²) in [6.45, 7) is 0.385. The number of nitrogens with one attached hydrogen (secondary N) is 2. The van der Waals surface area contributed by atoms with Crippen LogP contribution in [0.2, 0.25) is 5.02 Å². The van der Waals surface area contributed by atoms with Crippen LogP contribution in [0.25, 0.3) is 0 Å². The Kier molecular flexibility index (Phi) is 4.80. The first-order chi connectivity index (χ1) is 11.9. The van der Waals surface area contributed by atoms with Crippen molar-refractivity contribution in [2.45, 2.75) is 12.7 Å². The first-order valence-corrected chi connectivity index (χ1v) is 7.53. The summed E-state index contributed by atoms with van der Waals surface area (Å²) < 4.78 is 43.9. The van der Waals surface area contributed by atoms with Crippen LogP contribution < -0.4 is 10.6 Å². The topological polar surface area (TPSA) is 63.0 Å². The average molecular weight is 369 g/mol. The lowest BCUT2D eigenvalue weighted by molar-refractivity contribution is -0.137. The number of nitrogens with zero attached hydrogens (tertiary/aromatic N) is 2. The van der Waals surface area contributed by atoms with Crippen molar-refractivity contribution in [1.82, 2.24) is 9.97 Å². The molecular formula is C16H12ClF3N4O. The lowest BCUT2D eigenvalue weighted by atomic mass is 10.2. The highest BCUT2D eigenvalue weighted by atomic mass is 35.5. The first-order valence-electron chi connectivity index (χ1n) is 7.15. The number of anilines is 3. The highest BCUT2D eigenvalue weighted by Gasteiger charge is 2.33. The van der Waals surface area contributed by atoms with Crippen LogP contribution in [0.4, 0.5) is 30.6 Å². The van der Waals surface area contributed by atoms with Crippen molar-refractivity contribution < 1.29 is 17.6 Å². The summed E-state index contributed by atoms with van der Waals surface area (Å²) in [5, 5.41) is 5.41. The standard InChI is InChI=1S/C16H12ClF3N4O/c17-13-4-3-10(8-12(13)16(18,19)20)23-14-5-6-21-15(24-14)22-9-11-2-1-7-25-11/h1-8H,9H2,(H2,21,22,23,24). The Hall–Kier alpha value is -2.74. The summed E-state index contributed by atoms with van der Waals surface area (Å²) in [7, 11) is 0. The highest BCUT2D eigenvalue weighted by molar-refractivity contribution is 6.31. The maximum absolute atomic E-state index is 12.9. The highest BCUT2D eigenvalue weighted by Crippen LogP contribution is 2.36. The molecule has 3 aromatic rings. The molecule has 3 rings (SSSR count). The molecule has 0 aliphatic rings. The van der Waals surface area contributed by atoms with Crippen LogP contribution >= 0.6 is 11.6 Å². The fourth-order valence-electron chi connectivity index (χ4n) is 2.06. The maximum Gasteiger partial charge on any atom is 0.417 e. The minimum Gasteiger partial charge on any atom is -0.467 e. The maximum atomic E-state index is 12.9. The van der Waals surface area contributed by atoms with Crippen molar-refractivity contribution in [2.75, 3.05) is 10.6 Å². The lowest BCUT2D eigenvalue weighted by Crippen LogP contribution is -2.07. The zero-order valence-corrected chi connectivity index (χ0v) is 13.4. The molecule has 0 bridgehead atoms. The number of halogens is 4. The Morgan fingerprint density at radius 1 is 1.16 bits per heavy atom. The van der Waals surface area contributed by atoms with Crippen molar-refractivity contribution in [2.24, 2.45) is 0 Å². The quantitative estimate of drug-likeness (QED) is 0.656. The van der Waals surface area contributed by atoms with E-state index in [2.05, 4.69) is 20.6 Å². The van der Waals surface area contributed by atoms with Gasteiger partial charge in [-0.15, -0.1) is 0 Å². The van der Waals surface area contributed by atoms with Gasteiger partial charge in [0, 0.05) is 11.9 Å². The molecule has 0 atom stereocenters. The van der Waals surface area contributed by atoms with E-state index in [0.717, 1.165) is 6.07 Å². The third-order valence-electron chi connectivity index (χ3n) is 3.20. The average Bonchev–Trinajstić information content (AvgIpc) is 3.08. The van der Waals surface area contributed by atoms with Gasteiger partial charge in [-0.25, -0.2) is 4.98 Å². The van der Waals surface area contributed by atoms with E-state index in [0.29, 0.717) is 24.1 Å². The summed E-state index contributed by atoms with van der Waals surface area (Å²) in [6, 6.07) is 8.65. The van der Waals surface area contributed by atoms with Gasteiger partial charge in [-0.05, 0) is 36.4 Å². The van der Waals surface area contributed by atoms with Gasteiger partial charge in [-0.2, -0.15) is 18.2 Å². The van der Waals surface area contributed by atoms with Crippen molar-refractivity contribution in [3.63, 3.8) is 0 Å². The first kappa shape index (κ1) is 17.1. The van der Waals surface area contributed by atoms with Gasteiger partial charge in [0.15, 0.2) is 0 Å². The molecule has 9 heteroatoms. The minimum atomic E-state index is -4.53. The molecule has 0 spiro atoms. The Morgan fingerprint density at radius 3 is 2.72 bits per heavy atom. The second-order valence-corrected chi connectivity index (χ2v) is 5.42. The molecule has 5 nitrogen and oxygen atoms in total. The van der Waals surface area contributed by atoms with E-state index in [1.165, 1.54) is 18.3 Å². The predicted molar refractivity (Wildman–Crippen MR) is 87.8 cm³/mol. The van der Waals surface area contributed by atoms with Crippen LogP contribution in [-0.4, -0.2) is 9.97 Å². The number of alkyl halides is 3. The summed E-state index contributed by atoms with van der Waals surface area (Å²) in [5.41, 5.74) is -0.697. The van der Waals surface area contributed by atoms with E-state index in [-0.39, 0.29) is 10.7 Å². The summed E-state index contributed by atoms with van der Waals surface area (Å²) >= 11 is 5.61. The molecular weight excluding hydrogens is 357 g/mol. The van der Waals surface area contributed by atoms with Gasteiger partial charge < -0.3 is 15.1 Å². The molecule has 25 heavy (non-hydrogen) atoms. The molecule has 2 aromatic heterocycles. The van der Waals surface area contributed by atoms with Crippen LogP contribution in [0.1, 0.15) is 11.3 Å². The Bertz CT molecular complexity index is 853. The number of hydrogen-bond donors (Lipinski definition) is 2. The zero-order chi connectivity index (χ0) is 17.9. The van der Waals surface area contributed by atoms with Crippen molar-refractivity contribution in [3.05, 3.63) is 65.2 Å². The van der Waals surface area contributed by atoms with E-state index < -0.39 is 11.7 Å². The van der Waals surface area contributed by atoms with E-state index in [9.17, 15) is 13.2 Å². The second-order valence-electron chi connectivity index (χ2n) is 5.02. The third-order valence-corrected chi connectivity index (χ3v) is 3.53. The summed E-state index contributed by atoms with van der Waals surface area (Å²) in [5.74, 6) is 1.35. The monoisotopic (exact) mass is 368 g/mol. The van der Waals surface area contributed by atoms with Gasteiger partial charge in [-0.1, -0.05) is 11.6 Å². The van der Waals surface area contributed by atoms with Gasteiger partial charge >= 0.3 is 6.18 Å². The van der Waals surface area contributed by atoms with Crippen molar-refractivity contribution in [1.29, 1.82) is 0 Å². The molecule has 0 fully saturated rings. The molecule has 0 aliphatic carbocycles. The van der Waals surface area contributed by atoms with E-state index in [4.69, 9.17) is 16.0 Å². The van der Waals surface area contributed by atoms with Crippen LogP contribution in [0.15, 0.2) is 53.3 Å². The number of furan rings is 1. The Morgan fingerprint density at radius 2 is 2.00 bits per heavy atom. The van der Waals surface area contributed by atoms with Crippen molar-refractivity contribution in [3.8, 4) is 0 Å². The van der Waals surface area contributed by atoms with E-state index in [1.807, 2.05) is 0 Å². The molecule has 0 aliphatic heterocycles. The van der Waals surface area contributed by atoms with Gasteiger partial charge in [0.05, 0.1) is 23.4 Å². The fraction of sp³-hybridized carbons (Fsp3) is 0.125. The van der Waals surface area contributed by atoms with Gasteiger partial charge in [0.2, 0.25) is 5.95 Å². The molecule has 0 amide bonds. The van der Waals surface area contributed by atoms with Gasteiger partial charge in [0.1, 0.15) is 11.6 Å². The predicted octanol–water partition coefficient (Wildman–Crippen LogP) is 5.10. The molecule has 1 aromatic carbocycles. The summed E-state index contributed by atoms with van der Waals surface area (Å²) in [6.07, 6.45) is -1.49. The van der Waals surface area contributed by atoms with E-state index in [1.54, 1.807) is 24.5 Å². The number of hydrogen-bond acceptors (Lipinski definition) is 5. The Labute approximate surface area is 145 Å². The molecule has 0 saturated carbocycles. The summed E-state index contributed by atoms with van der Waals surface area (Å²) in [4.78, 5) is 8.24. The van der Waals surface area contributed by atoms with E-state index >= 15 is 0 Å². The van der Waals surface area contributed by atoms with Crippen LogP contribution in [0.5, 0.6) is 0 Å². The van der Waals surface area contributed by atoms with Crippen LogP contribution in [-0.2, 0) is 12.7 Å². The van der Waals surface area contributed by atoms with Crippen LogP contribution in [0, 0.1) is 0 Å². The largest absolute Gasteiger partial charge is 0.467 e. The van der Waals surface area contributed by atoms with Crippen molar-refractivity contribution >= 4 is 29.1 Å². The minimum absolute atomic E-state index is 0.215. The van der Waals surface area contributed by atoms with Crippen LogP contribution in [0.3, 0.4) is 0 Å². The molecule has 0 unspecified atom stereocenters. The zero-order valence-electron chi connectivity index (χ0n) is 12.6. The smallest absolute Gasteiger partial charge is 0.417 e. The SMILES string of the molecule is FC(F)(F)c1cc(Nc2ccnc(NCc3ccco3)n2)ccc1Cl. The lowest BCUT2D eigenvalue weighted by Gasteiger charge is -2.12. The molecule has 0 saturated heterocycles. The molecule has 0 radical (unpaired) electrons. The second kappa shape index (κ2) is 7.02. The Balaban J connectivity index is 1.74. The fourth-order valence-corrected chi connectivity index (χ4v) is 2.29. The molecule has 2 N–H and O–H groups in total. The van der Waals surface area contributed by atoms with Gasteiger partial charge in [-0.3, -0.25) is 0 Å². The number of benzene rings is 1. The molecule has 130 valence electrons.